The maximum atomic E-state index is 12.3. The minimum atomic E-state index is -0.196. The van der Waals surface area contributed by atoms with E-state index in [1.54, 1.807) is 60.5 Å². The molecule has 5 nitrogen and oxygen atoms in total. The van der Waals surface area contributed by atoms with E-state index < -0.39 is 0 Å². The summed E-state index contributed by atoms with van der Waals surface area (Å²) in [7, 11) is 1.71. The molecule has 24 heavy (non-hydrogen) atoms. The van der Waals surface area contributed by atoms with Crippen molar-refractivity contribution in [2.75, 3.05) is 17.3 Å². The molecule has 0 spiro atoms. The average molecular weight is 326 g/mol. The van der Waals surface area contributed by atoms with Gasteiger partial charge in [-0.1, -0.05) is 0 Å². The first-order valence-electron chi connectivity index (χ1n) is 7.79. The van der Waals surface area contributed by atoms with Crippen molar-refractivity contribution in [2.24, 2.45) is 0 Å². The normalized spacial score (nSPS) is 10.4. The molecule has 0 unspecified atom stereocenters. The largest absolute Gasteiger partial charge is 0.491 e. The molecule has 0 fully saturated rings. The van der Waals surface area contributed by atoms with Crippen LogP contribution in [-0.2, 0) is 4.79 Å². The minimum Gasteiger partial charge on any atom is -0.491 e. The zero-order valence-electron chi connectivity index (χ0n) is 14.4. The van der Waals surface area contributed by atoms with E-state index in [0.717, 1.165) is 11.4 Å². The van der Waals surface area contributed by atoms with Gasteiger partial charge in [0.1, 0.15) is 5.75 Å². The molecule has 1 N–H and O–H groups in total. The lowest BCUT2D eigenvalue weighted by Crippen LogP contribution is -2.22. The molecule has 0 atom stereocenters. The van der Waals surface area contributed by atoms with Crippen LogP contribution in [-0.4, -0.2) is 25.0 Å². The maximum Gasteiger partial charge on any atom is 0.255 e. The van der Waals surface area contributed by atoms with Gasteiger partial charge in [0.2, 0.25) is 5.91 Å². The highest BCUT2D eigenvalue weighted by atomic mass is 16.5. The Morgan fingerprint density at radius 1 is 1.00 bits per heavy atom. The fourth-order valence-corrected chi connectivity index (χ4v) is 2.11. The third kappa shape index (κ3) is 4.59. The lowest BCUT2D eigenvalue weighted by molar-refractivity contribution is -0.116. The van der Waals surface area contributed by atoms with Crippen molar-refractivity contribution in [1.29, 1.82) is 0 Å². The molecule has 0 radical (unpaired) electrons. The monoisotopic (exact) mass is 326 g/mol. The van der Waals surface area contributed by atoms with Crippen LogP contribution in [0.3, 0.4) is 0 Å². The van der Waals surface area contributed by atoms with Gasteiger partial charge >= 0.3 is 0 Å². The van der Waals surface area contributed by atoms with Crippen LogP contribution in [0.2, 0.25) is 0 Å². The zero-order chi connectivity index (χ0) is 17.7. The van der Waals surface area contributed by atoms with Crippen LogP contribution >= 0.6 is 0 Å². The van der Waals surface area contributed by atoms with Gasteiger partial charge in [0.25, 0.3) is 5.91 Å². The summed E-state index contributed by atoms with van der Waals surface area (Å²) in [6.07, 6.45) is 0.0938. The second kappa shape index (κ2) is 7.64. The molecule has 5 heteroatoms. The number of ether oxygens (including phenoxy) is 1. The lowest BCUT2D eigenvalue weighted by Gasteiger charge is -2.15. The number of hydrogen-bond acceptors (Lipinski definition) is 3. The highest BCUT2D eigenvalue weighted by Crippen LogP contribution is 2.19. The summed E-state index contributed by atoms with van der Waals surface area (Å²) in [5, 5.41) is 2.83. The topological polar surface area (TPSA) is 58.6 Å². The van der Waals surface area contributed by atoms with Crippen LogP contribution < -0.4 is 15.0 Å². The highest BCUT2D eigenvalue weighted by Gasteiger charge is 2.08. The summed E-state index contributed by atoms with van der Waals surface area (Å²) in [6, 6.07) is 14.1. The molecule has 0 aliphatic rings. The Morgan fingerprint density at radius 3 is 2.08 bits per heavy atom. The van der Waals surface area contributed by atoms with Crippen molar-refractivity contribution in [3.05, 3.63) is 54.1 Å². The molecular weight excluding hydrogens is 304 g/mol. The van der Waals surface area contributed by atoms with E-state index in [0.29, 0.717) is 11.3 Å². The van der Waals surface area contributed by atoms with Gasteiger partial charge in [-0.05, 0) is 62.4 Å². The average Bonchev–Trinajstić information content (AvgIpc) is 2.55. The van der Waals surface area contributed by atoms with Crippen molar-refractivity contribution in [3.63, 3.8) is 0 Å². The van der Waals surface area contributed by atoms with Gasteiger partial charge in [-0.2, -0.15) is 0 Å². The van der Waals surface area contributed by atoms with Crippen LogP contribution in [0.15, 0.2) is 48.5 Å². The highest BCUT2D eigenvalue weighted by molar-refractivity contribution is 6.04. The van der Waals surface area contributed by atoms with E-state index in [1.165, 1.54) is 6.92 Å². The van der Waals surface area contributed by atoms with E-state index in [1.807, 2.05) is 13.8 Å². The Morgan fingerprint density at radius 2 is 1.58 bits per heavy atom. The number of benzene rings is 2. The molecule has 2 aromatic carbocycles. The van der Waals surface area contributed by atoms with Crippen LogP contribution in [0, 0.1) is 0 Å². The number of anilines is 2. The van der Waals surface area contributed by atoms with Gasteiger partial charge < -0.3 is 15.0 Å². The Bertz CT molecular complexity index is 706. The van der Waals surface area contributed by atoms with Gasteiger partial charge in [-0.15, -0.1) is 0 Å². The van der Waals surface area contributed by atoms with E-state index in [-0.39, 0.29) is 17.9 Å². The maximum absolute atomic E-state index is 12.3. The molecule has 2 amide bonds. The fraction of sp³-hybridized carbons (Fsp3) is 0.263. The molecule has 0 bridgehead atoms. The quantitative estimate of drug-likeness (QED) is 0.911. The number of nitrogens with one attached hydrogen (secondary N) is 1. The molecular formula is C19H22N2O3. The lowest BCUT2D eigenvalue weighted by atomic mass is 10.2. The predicted octanol–water partition coefficient (Wildman–Crippen LogP) is 3.71. The Labute approximate surface area is 142 Å². The number of rotatable bonds is 5. The van der Waals surface area contributed by atoms with Crippen molar-refractivity contribution in [1.82, 2.24) is 0 Å². The molecule has 0 aromatic heterocycles. The van der Waals surface area contributed by atoms with Crippen molar-refractivity contribution in [2.45, 2.75) is 26.9 Å². The summed E-state index contributed by atoms with van der Waals surface area (Å²) >= 11 is 0. The molecule has 0 aliphatic carbocycles. The second-order valence-corrected chi connectivity index (χ2v) is 5.77. The van der Waals surface area contributed by atoms with E-state index in [9.17, 15) is 9.59 Å². The third-order valence-electron chi connectivity index (χ3n) is 3.47. The minimum absolute atomic E-state index is 0.0458. The van der Waals surface area contributed by atoms with Gasteiger partial charge in [0.05, 0.1) is 6.10 Å². The Kier molecular flexibility index (Phi) is 5.58. The molecule has 2 aromatic rings. The van der Waals surface area contributed by atoms with E-state index >= 15 is 0 Å². The van der Waals surface area contributed by atoms with Crippen LogP contribution in [0.1, 0.15) is 31.1 Å². The first-order valence-corrected chi connectivity index (χ1v) is 7.79. The molecule has 0 saturated carbocycles. The number of nitrogens with zero attached hydrogens (tertiary/aromatic N) is 1. The van der Waals surface area contributed by atoms with Gasteiger partial charge in [-0.3, -0.25) is 9.59 Å². The second-order valence-electron chi connectivity index (χ2n) is 5.77. The SMILES string of the molecule is CC(=O)N(C)c1ccc(NC(=O)c2ccc(OC(C)C)cc2)cc1. The Balaban J connectivity index is 2.02. The van der Waals surface area contributed by atoms with Crippen molar-refractivity contribution in [3.8, 4) is 5.75 Å². The van der Waals surface area contributed by atoms with Gasteiger partial charge in [-0.25, -0.2) is 0 Å². The first-order chi connectivity index (χ1) is 11.4. The summed E-state index contributed by atoms with van der Waals surface area (Å²) in [5.74, 6) is 0.493. The number of hydrogen-bond donors (Lipinski definition) is 1. The van der Waals surface area contributed by atoms with Crippen molar-refractivity contribution < 1.29 is 14.3 Å². The van der Waals surface area contributed by atoms with E-state index in [2.05, 4.69) is 5.32 Å². The van der Waals surface area contributed by atoms with E-state index in [4.69, 9.17) is 4.74 Å². The summed E-state index contributed by atoms with van der Waals surface area (Å²) < 4.78 is 5.56. The zero-order valence-corrected chi connectivity index (χ0v) is 14.4. The van der Waals surface area contributed by atoms with Crippen molar-refractivity contribution >= 4 is 23.2 Å². The summed E-state index contributed by atoms with van der Waals surface area (Å²) in [4.78, 5) is 25.1. The van der Waals surface area contributed by atoms with Gasteiger partial charge in [0.15, 0.2) is 0 Å². The molecule has 0 saturated heterocycles. The molecule has 126 valence electrons. The Hall–Kier alpha value is -2.82. The van der Waals surface area contributed by atoms with Gasteiger partial charge in [0, 0.05) is 30.9 Å². The van der Waals surface area contributed by atoms with Crippen LogP contribution in [0.5, 0.6) is 5.75 Å². The summed E-state index contributed by atoms with van der Waals surface area (Å²) in [5.41, 5.74) is 2.00. The molecule has 0 aliphatic heterocycles. The third-order valence-corrected chi connectivity index (χ3v) is 3.47. The smallest absolute Gasteiger partial charge is 0.255 e. The number of carbonyl (C=O) groups excluding carboxylic acids is 2. The number of carbonyl (C=O) groups is 2. The fourth-order valence-electron chi connectivity index (χ4n) is 2.11. The molecule has 2 rings (SSSR count). The van der Waals surface area contributed by atoms with Crippen LogP contribution in [0.4, 0.5) is 11.4 Å². The van der Waals surface area contributed by atoms with Crippen LogP contribution in [0.25, 0.3) is 0 Å². The standard InChI is InChI=1S/C19H22N2O3/c1-13(2)24-18-11-5-15(6-12-18)19(23)20-16-7-9-17(10-8-16)21(4)14(3)22/h5-13H,1-4H3,(H,20,23). The number of amides is 2. The summed E-state index contributed by atoms with van der Waals surface area (Å²) in [6.45, 7) is 5.41. The predicted molar refractivity (Wildman–Crippen MR) is 95.7 cm³/mol. The molecule has 0 heterocycles. The first kappa shape index (κ1) is 17.5.